The molecule has 0 bridgehead atoms. The number of hydrogen-bond acceptors (Lipinski definition) is 6. The minimum atomic E-state index is -0.488. The summed E-state index contributed by atoms with van der Waals surface area (Å²) in [6.07, 6.45) is 3.16. The third kappa shape index (κ3) is 5.08. The molecule has 2 heterocycles. The normalized spacial score (nSPS) is 37.1. The van der Waals surface area contributed by atoms with Gasteiger partial charge in [0.15, 0.2) is 0 Å². The molecule has 30 heavy (non-hydrogen) atoms. The maximum atomic E-state index is 12.3. The maximum Gasteiger partial charge on any atom is 0.407 e. The molecule has 2 saturated heterocycles. The largest absolute Gasteiger partial charge is 0.443 e. The van der Waals surface area contributed by atoms with Gasteiger partial charge in [-0.05, 0) is 38.5 Å². The Balaban J connectivity index is 1.57. The zero-order chi connectivity index (χ0) is 21.9. The quantitative estimate of drug-likeness (QED) is 0.411. The van der Waals surface area contributed by atoms with E-state index < -0.39 is 6.09 Å². The topological polar surface area (TPSA) is 102 Å². The molecule has 2 N–H and O–H groups in total. The summed E-state index contributed by atoms with van der Waals surface area (Å²) < 4.78 is 23.8. The van der Waals surface area contributed by atoms with Gasteiger partial charge >= 0.3 is 6.09 Å². The zero-order valence-electron chi connectivity index (χ0n) is 19.0. The third-order valence-electron chi connectivity index (χ3n) is 6.80. The minimum Gasteiger partial charge on any atom is -0.443 e. The van der Waals surface area contributed by atoms with Crippen molar-refractivity contribution in [3.05, 3.63) is 0 Å². The Labute approximate surface area is 179 Å². The van der Waals surface area contributed by atoms with Crippen molar-refractivity contribution >= 4 is 12.0 Å². The number of alkyl carbamates (subject to hydrolysis) is 1. The predicted octanol–water partition coefficient (Wildman–Crippen LogP) is 2.40. The van der Waals surface area contributed by atoms with Crippen LogP contribution in [0.25, 0.3) is 0 Å². The first-order chi connectivity index (χ1) is 14.3. The molecule has 3 fully saturated rings. The van der Waals surface area contributed by atoms with Gasteiger partial charge in [-0.15, -0.1) is 0 Å². The van der Waals surface area contributed by atoms with E-state index in [9.17, 15) is 9.59 Å². The number of nitrogens with one attached hydrogen (secondary N) is 2. The number of amides is 2. The Kier molecular flexibility index (Phi) is 7.30. The van der Waals surface area contributed by atoms with E-state index in [1.807, 2.05) is 0 Å². The van der Waals surface area contributed by atoms with Crippen LogP contribution < -0.4 is 10.6 Å². The first-order valence-corrected chi connectivity index (χ1v) is 11.3. The predicted molar refractivity (Wildman–Crippen MR) is 111 cm³/mol. The summed E-state index contributed by atoms with van der Waals surface area (Å²) in [5.41, 5.74) is -0.530. The molecule has 1 spiro atoms. The fourth-order valence-electron chi connectivity index (χ4n) is 4.95. The maximum absolute atomic E-state index is 12.3. The van der Waals surface area contributed by atoms with Gasteiger partial charge in [-0.3, -0.25) is 4.79 Å². The monoisotopic (exact) mass is 426 g/mol. The van der Waals surface area contributed by atoms with Crippen LogP contribution >= 0.6 is 0 Å². The summed E-state index contributed by atoms with van der Waals surface area (Å²) in [6.45, 7) is 9.79. The molecule has 1 saturated carbocycles. The van der Waals surface area contributed by atoms with Crippen LogP contribution in [0.4, 0.5) is 4.79 Å². The molecule has 2 aliphatic heterocycles. The molecule has 6 unspecified atom stereocenters. The van der Waals surface area contributed by atoms with E-state index >= 15 is 0 Å². The summed E-state index contributed by atoms with van der Waals surface area (Å²) in [7, 11) is 1.67. The van der Waals surface area contributed by atoms with Gasteiger partial charge in [0.1, 0.15) is 23.4 Å². The molecule has 172 valence electrons. The van der Waals surface area contributed by atoms with E-state index in [0.29, 0.717) is 38.5 Å². The lowest BCUT2D eigenvalue weighted by atomic mass is 9.68. The second kappa shape index (κ2) is 9.40. The average Bonchev–Trinajstić information content (AvgIpc) is 3.62. The van der Waals surface area contributed by atoms with Crippen LogP contribution in [0.1, 0.15) is 59.8 Å². The van der Waals surface area contributed by atoms with Gasteiger partial charge < -0.3 is 29.6 Å². The molecule has 1 aliphatic carbocycles. The number of hydrogen-bond donors (Lipinski definition) is 2. The molecule has 8 heteroatoms. The number of carbonyl (C=O) groups is 2. The lowest BCUT2D eigenvalue weighted by Gasteiger charge is -2.42. The molecule has 0 radical (unpaired) electrons. The molecule has 6 atom stereocenters. The van der Waals surface area contributed by atoms with Gasteiger partial charge in [0.25, 0.3) is 0 Å². The van der Waals surface area contributed by atoms with E-state index in [4.69, 9.17) is 18.9 Å². The van der Waals surface area contributed by atoms with E-state index in [1.165, 1.54) is 0 Å². The van der Waals surface area contributed by atoms with Gasteiger partial charge in [0.2, 0.25) is 5.91 Å². The van der Waals surface area contributed by atoms with E-state index in [0.717, 1.165) is 19.3 Å². The number of ether oxygens (including phenoxy) is 4. The Morgan fingerprint density at radius 3 is 2.53 bits per heavy atom. The number of rotatable bonds is 10. The van der Waals surface area contributed by atoms with Crippen LogP contribution in [0.3, 0.4) is 0 Å². The van der Waals surface area contributed by atoms with Crippen molar-refractivity contribution in [2.75, 3.05) is 26.8 Å². The highest BCUT2D eigenvalue weighted by Crippen LogP contribution is 2.59. The fraction of sp³-hybridized carbons (Fsp3) is 0.909. The summed E-state index contributed by atoms with van der Waals surface area (Å²) in [6, 6.07) is 0. The molecule has 0 aromatic carbocycles. The number of methoxy groups -OCH3 is 1. The molecule has 8 nitrogen and oxygen atoms in total. The van der Waals surface area contributed by atoms with E-state index in [-0.39, 0.29) is 41.3 Å². The molecule has 3 aliphatic rings. The smallest absolute Gasteiger partial charge is 0.407 e. The van der Waals surface area contributed by atoms with Crippen molar-refractivity contribution in [3.8, 4) is 0 Å². The summed E-state index contributed by atoms with van der Waals surface area (Å²) in [5.74, 6) is 0.623. The number of carbonyl (C=O) groups excluding carboxylic acids is 2. The van der Waals surface area contributed by atoms with Gasteiger partial charge in [0, 0.05) is 26.6 Å². The lowest BCUT2D eigenvalue weighted by molar-refractivity contribution is -0.120. The first-order valence-electron chi connectivity index (χ1n) is 11.3. The van der Waals surface area contributed by atoms with Crippen molar-refractivity contribution in [1.82, 2.24) is 10.6 Å². The van der Waals surface area contributed by atoms with Crippen LogP contribution in [0, 0.1) is 11.8 Å². The van der Waals surface area contributed by atoms with Crippen molar-refractivity contribution < 1.29 is 28.5 Å². The molecule has 0 aromatic rings. The molecule has 3 rings (SSSR count). The van der Waals surface area contributed by atoms with Gasteiger partial charge in [-0.1, -0.05) is 20.8 Å². The Hall–Kier alpha value is -1.38. The van der Waals surface area contributed by atoms with Gasteiger partial charge in [-0.25, -0.2) is 4.79 Å². The average molecular weight is 427 g/mol. The highest BCUT2D eigenvalue weighted by molar-refractivity contribution is 5.75. The van der Waals surface area contributed by atoms with Crippen molar-refractivity contribution in [2.24, 2.45) is 11.8 Å². The molecular weight excluding hydrogens is 388 g/mol. The summed E-state index contributed by atoms with van der Waals surface area (Å²) >= 11 is 0. The fourth-order valence-corrected chi connectivity index (χ4v) is 4.95. The van der Waals surface area contributed by atoms with Gasteiger partial charge in [-0.2, -0.15) is 0 Å². The Bertz CT molecular complexity index is 623. The van der Waals surface area contributed by atoms with Crippen LogP contribution in [-0.4, -0.2) is 68.3 Å². The van der Waals surface area contributed by atoms with Crippen LogP contribution in [0.15, 0.2) is 0 Å². The summed E-state index contributed by atoms with van der Waals surface area (Å²) in [4.78, 5) is 23.6. The minimum absolute atomic E-state index is 0.0301. The molecule has 2 amide bonds. The number of epoxide rings is 2. The van der Waals surface area contributed by atoms with Crippen molar-refractivity contribution in [2.45, 2.75) is 89.3 Å². The van der Waals surface area contributed by atoms with Crippen LogP contribution in [0.5, 0.6) is 0 Å². The van der Waals surface area contributed by atoms with E-state index in [1.54, 1.807) is 14.0 Å². The summed E-state index contributed by atoms with van der Waals surface area (Å²) in [5, 5.41) is 5.43. The SMILES string of the molecule is CCC(=O)NCCNC(=O)OC1CCC2(CO2)C(C2(C)OC2CCC(C)C)C1OC. The van der Waals surface area contributed by atoms with Gasteiger partial charge in [0.05, 0.1) is 18.6 Å². The standard InChI is InChI=1S/C22H38N2O6/c1-6-17(25)23-11-12-24-20(26)29-15-9-10-22(13-28-22)19(18(15)27-5)21(4)16(30-21)8-7-14(2)3/h14-16,18-19H,6-13H2,1-5H3,(H,23,25)(H,24,26). The Morgan fingerprint density at radius 2 is 1.93 bits per heavy atom. The van der Waals surface area contributed by atoms with Crippen LogP contribution in [0.2, 0.25) is 0 Å². The second-order valence-electron chi connectivity index (χ2n) is 9.41. The van der Waals surface area contributed by atoms with Crippen molar-refractivity contribution in [3.63, 3.8) is 0 Å². The first kappa shape index (κ1) is 23.3. The van der Waals surface area contributed by atoms with Crippen LogP contribution in [-0.2, 0) is 23.7 Å². The third-order valence-corrected chi connectivity index (χ3v) is 6.80. The highest BCUT2D eigenvalue weighted by Gasteiger charge is 2.72. The van der Waals surface area contributed by atoms with Crippen molar-refractivity contribution in [1.29, 1.82) is 0 Å². The Morgan fingerprint density at radius 1 is 1.23 bits per heavy atom. The van der Waals surface area contributed by atoms with E-state index in [2.05, 4.69) is 31.4 Å². The highest BCUT2D eigenvalue weighted by atomic mass is 16.6. The molecular formula is C22H38N2O6. The second-order valence-corrected chi connectivity index (χ2v) is 9.41. The zero-order valence-corrected chi connectivity index (χ0v) is 19.0. The molecule has 0 aromatic heterocycles. The lowest BCUT2D eigenvalue weighted by Crippen LogP contribution is -2.56.